The highest BCUT2D eigenvalue weighted by Crippen LogP contribution is 2.20. The molecule has 2 rings (SSSR count). The summed E-state index contributed by atoms with van der Waals surface area (Å²) in [4.78, 5) is 0.00285. The largest absolute Gasteiger partial charge is 0.240 e. The number of sulfonamides is 1. The van der Waals surface area contributed by atoms with Gasteiger partial charge in [-0.05, 0) is 31.0 Å². The normalized spacial score (nSPS) is 18.2. The van der Waals surface area contributed by atoms with Crippen molar-refractivity contribution in [3.05, 3.63) is 30.1 Å². The van der Waals surface area contributed by atoms with Gasteiger partial charge < -0.3 is 0 Å². The fraction of sp³-hybridized carbons (Fsp3) is 0.500. The highest BCUT2D eigenvalue weighted by molar-refractivity contribution is 7.89. The maximum Gasteiger partial charge on any atom is 0.240 e. The third-order valence-electron chi connectivity index (χ3n) is 3.03. The molecule has 0 bridgehead atoms. The number of hydrogen-bond acceptors (Lipinski definition) is 2. The zero-order valence-corrected chi connectivity index (χ0v) is 10.3. The van der Waals surface area contributed by atoms with E-state index >= 15 is 0 Å². The van der Waals surface area contributed by atoms with Gasteiger partial charge in [-0.1, -0.05) is 25.3 Å². The number of halogens is 1. The van der Waals surface area contributed by atoms with Crippen molar-refractivity contribution in [3.8, 4) is 0 Å². The lowest BCUT2D eigenvalue weighted by atomic mass is 9.96. The van der Waals surface area contributed by atoms with E-state index < -0.39 is 15.8 Å². The molecule has 5 heteroatoms. The predicted octanol–water partition coefficient (Wildman–Crippen LogP) is 2.44. The average Bonchev–Trinajstić information content (AvgIpc) is 2.30. The first-order valence-electron chi connectivity index (χ1n) is 5.86. The van der Waals surface area contributed by atoms with Crippen LogP contribution in [-0.2, 0) is 10.0 Å². The Balaban J connectivity index is 2.13. The van der Waals surface area contributed by atoms with Crippen molar-refractivity contribution in [1.82, 2.24) is 4.72 Å². The summed E-state index contributed by atoms with van der Waals surface area (Å²) in [5.74, 6) is -0.531. The van der Waals surface area contributed by atoms with Crippen molar-refractivity contribution < 1.29 is 12.8 Å². The van der Waals surface area contributed by atoms with E-state index in [9.17, 15) is 12.8 Å². The molecule has 1 aliphatic carbocycles. The SMILES string of the molecule is O=S(=O)(NC1CCCCC1)c1cccc(F)c1. The van der Waals surface area contributed by atoms with E-state index in [1.54, 1.807) is 0 Å². The molecule has 1 saturated carbocycles. The lowest BCUT2D eigenvalue weighted by Crippen LogP contribution is -2.36. The monoisotopic (exact) mass is 257 g/mol. The van der Waals surface area contributed by atoms with E-state index in [-0.39, 0.29) is 10.9 Å². The number of nitrogens with one attached hydrogen (secondary N) is 1. The summed E-state index contributed by atoms with van der Waals surface area (Å²) in [7, 11) is -3.57. The van der Waals surface area contributed by atoms with Crippen LogP contribution in [0.15, 0.2) is 29.2 Å². The minimum Gasteiger partial charge on any atom is -0.208 e. The second-order valence-electron chi connectivity index (χ2n) is 4.41. The number of benzene rings is 1. The van der Waals surface area contributed by atoms with Crippen LogP contribution in [-0.4, -0.2) is 14.5 Å². The molecule has 0 unspecified atom stereocenters. The van der Waals surface area contributed by atoms with Crippen LogP contribution in [0.3, 0.4) is 0 Å². The summed E-state index contributed by atoms with van der Waals surface area (Å²) in [6.45, 7) is 0. The number of rotatable bonds is 3. The average molecular weight is 257 g/mol. The molecule has 0 saturated heterocycles. The molecule has 1 N–H and O–H groups in total. The highest BCUT2D eigenvalue weighted by Gasteiger charge is 2.21. The minimum absolute atomic E-state index is 0.00276. The van der Waals surface area contributed by atoms with Crippen LogP contribution in [0, 0.1) is 5.82 Å². The van der Waals surface area contributed by atoms with Gasteiger partial charge in [0.15, 0.2) is 0 Å². The molecule has 17 heavy (non-hydrogen) atoms. The van der Waals surface area contributed by atoms with E-state index in [4.69, 9.17) is 0 Å². The second kappa shape index (κ2) is 5.14. The molecule has 1 fully saturated rings. The molecule has 0 radical (unpaired) electrons. The van der Waals surface area contributed by atoms with Crippen molar-refractivity contribution >= 4 is 10.0 Å². The first-order chi connectivity index (χ1) is 8.08. The van der Waals surface area contributed by atoms with Crippen LogP contribution in [0.25, 0.3) is 0 Å². The van der Waals surface area contributed by atoms with Gasteiger partial charge in [-0.2, -0.15) is 0 Å². The summed E-state index contributed by atoms with van der Waals surface area (Å²) in [6.07, 6.45) is 5.01. The van der Waals surface area contributed by atoms with Gasteiger partial charge in [0.2, 0.25) is 10.0 Å². The van der Waals surface area contributed by atoms with Crippen LogP contribution in [0.1, 0.15) is 32.1 Å². The van der Waals surface area contributed by atoms with E-state index in [1.165, 1.54) is 18.2 Å². The van der Waals surface area contributed by atoms with Gasteiger partial charge >= 0.3 is 0 Å². The third-order valence-corrected chi connectivity index (χ3v) is 4.55. The van der Waals surface area contributed by atoms with Crippen molar-refractivity contribution in [3.63, 3.8) is 0 Å². The Morgan fingerprint density at radius 1 is 1.18 bits per heavy atom. The third kappa shape index (κ3) is 3.26. The lowest BCUT2D eigenvalue weighted by molar-refractivity contribution is 0.412. The molecular weight excluding hydrogens is 241 g/mol. The van der Waals surface area contributed by atoms with Gasteiger partial charge in [0.1, 0.15) is 5.82 Å². The predicted molar refractivity (Wildman–Crippen MR) is 63.6 cm³/mol. The summed E-state index contributed by atoms with van der Waals surface area (Å²) in [6, 6.07) is 5.10. The minimum atomic E-state index is -3.57. The maximum absolute atomic E-state index is 13.0. The van der Waals surface area contributed by atoms with Crippen molar-refractivity contribution in [2.75, 3.05) is 0 Å². The van der Waals surface area contributed by atoms with Gasteiger partial charge in [0.25, 0.3) is 0 Å². The Morgan fingerprint density at radius 3 is 2.53 bits per heavy atom. The molecular formula is C12H16FNO2S. The maximum atomic E-state index is 13.0. The standard InChI is InChI=1S/C12H16FNO2S/c13-10-5-4-8-12(9-10)17(15,16)14-11-6-2-1-3-7-11/h4-5,8-9,11,14H,1-3,6-7H2. The van der Waals surface area contributed by atoms with E-state index in [2.05, 4.69) is 4.72 Å². The highest BCUT2D eigenvalue weighted by atomic mass is 32.2. The molecule has 0 heterocycles. The molecule has 1 aromatic rings. The molecule has 0 amide bonds. The van der Waals surface area contributed by atoms with E-state index in [0.717, 1.165) is 38.2 Å². The van der Waals surface area contributed by atoms with Crippen LogP contribution < -0.4 is 4.72 Å². The summed E-state index contributed by atoms with van der Waals surface area (Å²) < 4.78 is 39.6. The quantitative estimate of drug-likeness (QED) is 0.904. The Labute approximate surface area is 101 Å². The molecule has 0 aliphatic heterocycles. The van der Waals surface area contributed by atoms with Crippen molar-refractivity contribution in [1.29, 1.82) is 0 Å². The van der Waals surface area contributed by atoms with Crippen LogP contribution >= 0.6 is 0 Å². The fourth-order valence-electron chi connectivity index (χ4n) is 2.14. The number of hydrogen-bond donors (Lipinski definition) is 1. The van der Waals surface area contributed by atoms with Gasteiger partial charge in [0.05, 0.1) is 4.90 Å². The molecule has 0 atom stereocenters. The molecule has 0 aromatic heterocycles. The van der Waals surface area contributed by atoms with Crippen LogP contribution in [0.5, 0.6) is 0 Å². The Bertz CT molecular complexity index is 481. The summed E-state index contributed by atoms with van der Waals surface area (Å²) in [5, 5.41) is 0. The smallest absolute Gasteiger partial charge is 0.208 e. The van der Waals surface area contributed by atoms with Crippen molar-refractivity contribution in [2.24, 2.45) is 0 Å². The Morgan fingerprint density at radius 2 is 1.88 bits per heavy atom. The Hall–Kier alpha value is -0.940. The molecule has 0 spiro atoms. The zero-order chi connectivity index (χ0) is 12.3. The topological polar surface area (TPSA) is 46.2 Å². The fourth-order valence-corrected chi connectivity index (χ4v) is 3.48. The van der Waals surface area contributed by atoms with Gasteiger partial charge in [-0.3, -0.25) is 0 Å². The Kier molecular flexibility index (Phi) is 3.79. The summed E-state index contributed by atoms with van der Waals surface area (Å²) in [5.41, 5.74) is 0. The van der Waals surface area contributed by atoms with E-state index in [1.807, 2.05) is 0 Å². The van der Waals surface area contributed by atoms with Crippen molar-refractivity contribution in [2.45, 2.75) is 43.0 Å². The summed E-state index contributed by atoms with van der Waals surface area (Å²) >= 11 is 0. The molecule has 3 nitrogen and oxygen atoms in total. The lowest BCUT2D eigenvalue weighted by Gasteiger charge is -2.22. The van der Waals surface area contributed by atoms with E-state index in [0.29, 0.717) is 0 Å². The molecule has 94 valence electrons. The first-order valence-corrected chi connectivity index (χ1v) is 7.34. The van der Waals surface area contributed by atoms with Crippen LogP contribution in [0.2, 0.25) is 0 Å². The molecule has 1 aliphatic rings. The van der Waals surface area contributed by atoms with Gasteiger partial charge in [-0.15, -0.1) is 0 Å². The van der Waals surface area contributed by atoms with Gasteiger partial charge in [0, 0.05) is 6.04 Å². The van der Waals surface area contributed by atoms with Crippen LogP contribution in [0.4, 0.5) is 4.39 Å². The zero-order valence-electron chi connectivity index (χ0n) is 9.52. The second-order valence-corrected chi connectivity index (χ2v) is 6.13. The first kappa shape index (κ1) is 12.5. The van der Waals surface area contributed by atoms with Gasteiger partial charge in [-0.25, -0.2) is 17.5 Å². The molecule has 1 aromatic carbocycles.